The highest BCUT2D eigenvalue weighted by atomic mass is 16.5. The summed E-state index contributed by atoms with van der Waals surface area (Å²) < 4.78 is 5.53. The SMILES string of the molecule is N#CC1C(=O)N(Cc2ccccc2)C2CCOC12. The van der Waals surface area contributed by atoms with E-state index in [9.17, 15) is 4.79 Å². The van der Waals surface area contributed by atoms with Crippen molar-refractivity contribution in [3.8, 4) is 6.07 Å². The lowest BCUT2D eigenvalue weighted by atomic mass is 10.0. The molecule has 1 amide bonds. The number of benzene rings is 1. The minimum absolute atomic E-state index is 0.0716. The van der Waals surface area contributed by atoms with Crippen LogP contribution in [-0.4, -0.2) is 29.6 Å². The van der Waals surface area contributed by atoms with Gasteiger partial charge in [-0.1, -0.05) is 30.3 Å². The molecule has 92 valence electrons. The molecular formula is C14H14N2O2. The number of carbonyl (C=O) groups excluding carboxylic acids is 1. The standard InChI is InChI=1S/C14H14N2O2/c15-8-11-13-12(6-7-18-13)16(14(11)17)9-10-4-2-1-3-5-10/h1-5,11-13H,6-7,9H2. The van der Waals surface area contributed by atoms with Gasteiger partial charge in [0.2, 0.25) is 5.91 Å². The Kier molecular flexibility index (Phi) is 2.77. The summed E-state index contributed by atoms with van der Waals surface area (Å²) >= 11 is 0. The summed E-state index contributed by atoms with van der Waals surface area (Å²) in [5, 5.41) is 9.09. The van der Waals surface area contributed by atoms with Crippen molar-refractivity contribution in [1.82, 2.24) is 4.90 Å². The summed E-state index contributed by atoms with van der Waals surface area (Å²) in [5.41, 5.74) is 1.09. The molecule has 4 heteroatoms. The Morgan fingerprint density at radius 1 is 1.39 bits per heavy atom. The molecule has 0 spiro atoms. The van der Waals surface area contributed by atoms with Crippen LogP contribution in [0.2, 0.25) is 0 Å². The number of likely N-dealkylation sites (tertiary alicyclic amines) is 1. The van der Waals surface area contributed by atoms with Crippen molar-refractivity contribution in [2.75, 3.05) is 6.61 Å². The van der Waals surface area contributed by atoms with Gasteiger partial charge in [-0.15, -0.1) is 0 Å². The zero-order valence-corrected chi connectivity index (χ0v) is 9.95. The molecule has 1 aromatic rings. The van der Waals surface area contributed by atoms with Crippen molar-refractivity contribution in [1.29, 1.82) is 5.26 Å². The summed E-state index contributed by atoms with van der Waals surface area (Å²) in [4.78, 5) is 14.0. The Hall–Kier alpha value is -1.86. The van der Waals surface area contributed by atoms with Crippen molar-refractivity contribution in [2.24, 2.45) is 5.92 Å². The smallest absolute Gasteiger partial charge is 0.243 e. The Labute approximate surface area is 106 Å². The first-order valence-corrected chi connectivity index (χ1v) is 6.17. The molecule has 2 heterocycles. The van der Waals surface area contributed by atoms with Gasteiger partial charge in [0.25, 0.3) is 0 Å². The van der Waals surface area contributed by atoms with Crippen LogP contribution in [0.15, 0.2) is 30.3 Å². The molecule has 2 fully saturated rings. The molecule has 0 N–H and O–H groups in total. The maximum Gasteiger partial charge on any atom is 0.243 e. The van der Waals surface area contributed by atoms with Crippen molar-refractivity contribution in [3.05, 3.63) is 35.9 Å². The predicted molar refractivity (Wildman–Crippen MR) is 64.2 cm³/mol. The number of carbonyl (C=O) groups is 1. The van der Waals surface area contributed by atoms with Gasteiger partial charge in [0.1, 0.15) is 6.10 Å². The van der Waals surface area contributed by atoms with Gasteiger partial charge in [-0.2, -0.15) is 5.26 Å². The number of fused-ring (bicyclic) bond motifs is 1. The first-order chi connectivity index (χ1) is 8.81. The molecule has 0 bridgehead atoms. The van der Waals surface area contributed by atoms with E-state index in [2.05, 4.69) is 6.07 Å². The normalized spacial score (nSPS) is 30.3. The Bertz CT molecular complexity index is 494. The van der Waals surface area contributed by atoms with Gasteiger partial charge < -0.3 is 9.64 Å². The van der Waals surface area contributed by atoms with Crippen LogP contribution >= 0.6 is 0 Å². The van der Waals surface area contributed by atoms with Crippen molar-refractivity contribution >= 4 is 5.91 Å². The van der Waals surface area contributed by atoms with E-state index in [0.717, 1.165) is 12.0 Å². The molecule has 4 nitrogen and oxygen atoms in total. The van der Waals surface area contributed by atoms with Crippen LogP contribution < -0.4 is 0 Å². The maximum absolute atomic E-state index is 12.2. The fourth-order valence-electron chi connectivity index (χ4n) is 2.84. The molecule has 3 rings (SSSR count). The van der Waals surface area contributed by atoms with Crippen LogP contribution in [0.5, 0.6) is 0 Å². The molecule has 0 aliphatic carbocycles. The summed E-state index contributed by atoms with van der Waals surface area (Å²) in [6.45, 7) is 1.22. The van der Waals surface area contributed by atoms with Crippen LogP contribution in [-0.2, 0) is 16.1 Å². The summed E-state index contributed by atoms with van der Waals surface area (Å²) in [6, 6.07) is 12.0. The van der Waals surface area contributed by atoms with Gasteiger partial charge in [0.05, 0.1) is 12.1 Å². The van der Waals surface area contributed by atoms with Crippen LogP contribution in [0.25, 0.3) is 0 Å². The largest absolute Gasteiger partial charge is 0.374 e. The number of ether oxygens (including phenoxy) is 1. The molecular weight excluding hydrogens is 228 g/mol. The zero-order chi connectivity index (χ0) is 12.5. The minimum atomic E-state index is -0.624. The second kappa shape index (κ2) is 4.43. The Morgan fingerprint density at radius 2 is 2.17 bits per heavy atom. The van der Waals surface area contributed by atoms with E-state index in [1.54, 1.807) is 4.90 Å². The third-order valence-electron chi connectivity index (χ3n) is 3.72. The molecule has 0 aromatic heterocycles. The molecule has 18 heavy (non-hydrogen) atoms. The Morgan fingerprint density at radius 3 is 2.89 bits per heavy atom. The highest BCUT2D eigenvalue weighted by molar-refractivity contribution is 5.85. The second-order valence-electron chi connectivity index (χ2n) is 4.75. The van der Waals surface area contributed by atoms with Crippen LogP contribution in [0.3, 0.4) is 0 Å². The van der Waals surface area contributed by atoms with Crippen molar-refractivity contribution < 1.29 is 9.53 Å². The van der Waals surface area contributed by atoms with Crippen LogP contribution in [0.4, 0.5) is 0 Å². The average Bonchev–Trinajstić information content (AvgIpc) is 2.94. The minimum Gasteiger partial charge on any atom is -0.374 e. The lowest BCUT2D eigenvalue weighted by molar-refractivity contribution is -0.132. The number of nitriles is 1. The zero-order valence-electron chi connectivity index (χ0n) is 9.95. The van der Waals surface area contributed by atoms with Gasteiger partial charge in [-0.3, -0.25) is 4.79 Å². The number of hydrogen-bond acceptors (Lipinski definition) is 3. The molecule has 1 aromatic carbocycles. The highest BCUT2D eigenvalue weighted by Gasteiger charge is 2.51. The van der Waals surface area contributed by atoms with E-state index < -0.39 is 5.92 Å². The quantitative estimate of drug-likeness (QED) is 0.786. The van der Waals surface area contributed by atoms with Crippen molar-refractivity contribution in [3.63, 3.8) is 0 Å². The monoisotopic (exact) mass is 242 g/mol. The van der Waals surface area contributed by atoms with E-state index in [4.69, 9.17) is 10.00 Å². The lowest BCUT2D eigenvalue weighted by Gasteiger charge is -2.22. The summed E-state index contributed by atoms with van der Waals surface area (Å²) in [5.74, 6) is -0.711. The predicted octanol–water partition coefficient (Wildman–Crippen LogP) is 1.33. The number of rotatable bonds is 2. The molecule has 3 atom stereocenters. The van der Waals surface area contributed by atoms with Crippen LogP contribution in [0, 0.1) is 17.2 Å². The molecule has 0 radical (unpaired) electrons. The topological polar surface area (TPSA) is 53.3 Å². The van der Waals surface area contributed by atoms with Crippen LogP contribution in [0.1, 0.15) is 12.0 Å². The number of hydrogen-bond donors (Lipinski definition) is 0. The maximum atomic E-state index is 12.2. The number of nitrogens with zero attached hydrogens (tertiary/aromatic N) is 2. The number of amides is 1. The summed E-state index contributed by atoms with van der Waals surface area (Å²) in [7, 11) is 0. The van der Waals surface area contributed by atoms with Gasteiger partial charge in [-0.25, -0.2) is 0 Å². The molecule has 2 aliphatic heterocycles. The van der Waals surface area contributed by atoms with Crippen molar-refractivity contribution in [2.45, 2.75) is 25.1 Å². The first-order valence-electron chi connectivity index (χ1n) is 6.17. The van der Waals surface area contributed by atoms with E-state index in [1.807, 2.05) is 30.3 Å². The van der Waals surface area contributed by atoms with Gasteiger partial charge >= 0.3 is 0 Å². The highest BCUT2D eigenvalue weighted by Crippen LogP contribution is 2.35. The molecule has 0 saturated carbocycles. The van der Waals surface area contributed by atoms with Gasteiger partial charge in [0.15, 0.2) is 5.92 Å². The van der Waals surface area contributed by atoms with E-state index in [1.165, 1.54) is 0 Å². The first kappa shape index (κ1) is 11.2. The molecule has 3 unspecified atom stereocenters. The lowest BCUT2D eigenvalue weighted by Crippen LogP contribution is -2.34. The third kappa shape index (κ3) is 1.68. The van der Waals surface area contributed by atoms with E-state index in [0.29, 0.717) is 13.2 Å². The Balaban J connectivity index is 1.84. The van der Waals surface area contributed by atoms with Gasteiger partial charge in [0, 0.05) is 13.2 Å². The third-order valence-corrected chi connectivity index (χ3v) is 3.72. The van der Waals surface area contributed by atoms with Gasteiger partial charge in [-0.05, 0) is 12.0 Å². The second-order valence-corrected chi connectivity index (χ2v) is 4.75. The summed E-state index contributed by atoms with van der Waals surface area (Å²) in [6.07, 6.45) is 0.604. The molecule has 2 aliphatic rings. The van der Waals surface area contributed by atoms with E-state index in [-0.39, 0.29) is 18.1 Å². The fourth-order valence-corrected chi connectivity index (χ4v) is 2.84. The average molecular weight is 242 g/mol. The molecule has 2 saturated heterocycles. The fraction of sp³-hybridized carbons (Fsp3) is 0.429. The van der Waals surface area contributed by atoms with E-state index >= 15 is 0 Å².